The molecule has 2 fully saturated rings. The van der Waals surface area contributed by atoms with E-state index in [0.29, 0.717) is 0 Å². The number of cyclic esters (lactones) is 2. The Kier molecular flexibility index (Phi) is 8.76. The molecule has 0 bridgehead atoms. The Morgan fingerprint density at radius 3 is 1.65 bits per heavy atom. The van der Waals surface area contributed by atoms with Gasteiger partial charge in [-0.25, -0.2) is 9.59 Å². The summed E-state index contributed by atoms with van der Waals surface area (Å²) in [5, 5.41) is 3.60. The highest BCUT2D eigenvalue weighted by Crippen LogP contribution is 2.10. The Hall–Kier alpha value is -1.46. The smallest absolute Gasteiger partial charge is 0.407 e. The SMILES string of the molecule is C.C.CCC1NC(=O)OC1C.[2H]N1C(=O)OC(C)C1CC. The van der Waals surface area contributed by atoms with E-state index in [0.717, 1.165) is 18.2 Å². The molecule has 2 saturated heterocycles. The molecule has 2 amide bonds. The zero-order chi connectivity index (χ0) is 14.6. The van der Waals surface area contributed by atoms with Crippen LogP contribution in [0.3, 0.4) is 0 Å². The number of nitrogens with one attached hydrogen (secondary N) is 2. The van der Waals surface area contributed by atoms with Crippen molar-refractivity contribution in [1.82, 2.24) is 10.6 Å². The van der Waals surface area contributed by atoms with Gasteiger partial charge in [0.05, 0.1) is 12.1 Å². The quantitative estimate of drug-likeness (QED) is 0.819. The molecule has 0 radical (unpaired) electrons. The van der Waals surface area contributed by atoms with Crippen molar-refractivity contribution in [2.75, 3.05) is 0 Å². The van der Waals surface area contributed by atoms with Crippen molar-refractivity contribution in [3.8, 4) is 0 Å². The normalized spacial score (nSPS) is 31.6. The van der Waals surface area contributed by atoms with Crippen molar-refractivity contribution in [2.45, 2.75) is 79.7 Å². The first-order valence-corrected chi connectivity index (χ1v) is 6.36. The lowest BCUT2D eigenvalue weighted by Crippen LogP contribution is -2.28. The first-order chi connectivity index (χ1) is 8.90. The highest BCUT2D eigenvalue weighted by Gasteiger charge is 2.28. The predicted octanol–water partition coefficient (Wildman–Crippen LogP) is 3.06. The summed E-state index contributed by atoms with van der Waals surface area (Å²) in [7, 11) is 0. The molecule has 0 aromatic heterocycles. The van der Waals surface area contributed by atoms with Crippen molar-refractivity contribution in [1.29, 1.82) is 0 Å². The van der Waals surface area contributed by atoms with Crippen LogP contribution in [-0.2, 0) is 9.47 Å². The Labute approximate surface area is 124 Å². The van der Waals surface area contributed by atoms with E-state index in [4.69, 9.17) is 10.9 Å². The van der Waals surface area contributed by atoms with Gasteiger partial charge in [0.25, 0.3) is 0 Å². The van der Waals surface area contributed by atoms with E-state index < -0.39 is 6.09 Å². The van der Waals surface area contributed by atoms with Crippen LogP contribution >= 0.6 is 0 Å². The minimum Gasteiger partial charge on any atom is -0.444 e. The average molecular weight is 291 g/mol. The summed E-state index contributed by atoms with van der Waals surface area (Å²) in [4.78, 5) is 21.2. The van der Waals surface area contributed by atoms with Gasteiger partial charge in [0.1, 0.15) is 12.2 Å². The van der Waals surface area contributed by atoms with Crippen LogP contribution in [0.4, 0.5) is 9.59 Å². The molecule has 2 N–H and O–H groups in total. The predicted molar refractivity (Wildman–Crippen MR) is 79.8 cm³/mol. The first kappa shape index (κ1) is 18.5. The molecule has 2 rings (SSSR count). The van der Waals surface area contributed by atoms with Gasteiger partial charge in [0.15, 0.2) is 1.41 Å². The summed E-state index contributed by atoms with van der Waals surface area (Å²) in [6.07, 6.45) is 0.815. The Balaban J connectivity index is 0. The summed E-state index contributed by atoms with van der Waals surface area (Å²) in [5.74, 6) is 0. The summed E-state index contributed by atoms with van der Waals surface area (Å²) < 4.78 is 16.8. The molecular weight excluding hydrogens is 260 g/mol. The van der Waals surface area contributed by atoms with Crippen LogP contribution in [0.1, 0.15) is 55.4 Å². The fraction of sp³-hybridized carbons (Fsp3) is 0.857. The van der Waals surface area contributed by atoms with Gasteiger partial charge in [-0.15, -0.1) is 0 Å². The van der Waals surface area contributed by atoms with Gasteiger partial charge < -0.3 is 20.1 Å². The van der Waals surface area contributed by atoms with Crippen molar-refractivity contribution >= 4 is 12.2 Å². The number of ether oxygens (including phenoxy) is 2. The Bertz CT molecular complexity index is 341. The number of hydrogen-bond acceptors (Lipinski definition) is 4. The molecular formula is C14H30N2O4. The minimum absolute atomic E-state index is 0. The number of carbonyl (C=O) groups excluding carboxylic acids is 2. The fourth-order valence-electron chi connectivity index (χ4n) is 1.92. The van der Waals surface area contributed by atoms with E-state index in [1.165, 1.54) is 0 Å². The molecule has 2 aliphatic heterocycles. The van der Waals surface area contributed by atoms with Crippen LogP contribution in [0.15, 0.2) is 0 Å². The maximum Gasteiger partial charge on any atom is 0.407 e. The van der Waals surface area contributed by atoms with E-state index in [2.05, 4.69) is 5.32 Å². The highest BCUT2D eigenvalue weighted by atomic mass is 16.6. The van der Waals surface area contributed by atoms with Gasteiger partial charge in [0.2, 0.25) is 0 Å². The molecule has 2 aliphatic rings. The van der Waals surface area contributed by atoms with Crippen LogP contribution in [0, 0.1) is 0 Å². The molecule has 120 valence electrons. The number of carbonyl (C=O) groups is 2. The van der Waals surface area contributed by atoms with Crippen LogP contribution < -0.4 is 10.6 Å². The third kappa shape index (κ3) is 5.67. The third-order valence-corrected chi connectivity index (χ3v) is 3.12. The number of rotatable bonds is 2. The Morgan fingerprint density at radius 1 is 1.00 bits per heavy atom. The lowest BCUT2D eigenvalue weighted by molar-refractivity contribution is 0.140. The third-order valence-electron chi connectivity index (χ3n) is 3.12. The van der Waals surface area contributed by atoms with Crippen LogP contribution in [0.25, 0.3) is 0 Å². The van der Waals surface area contributed by atoms with E-state index in [1.54, 1.807) is 6.92 Å². The molecule has 0 spiro atoms. The molecule has 0 aliphatic carbocycles. The summed E-state index contributed by atoms with van der Waals surface area (Å²) >= 11 is 0. The summed E-state index contributed by atoms with van der Waals surface area (Å²) in [6, 6.07) is 0.157. The minimum atomic E-state index is -0.528. The van der Waals surface area contributed by atoms with Gasteiger partial charge in [-0.2, -0.15) is 0 Å². The van der Waals surface area contributed by atoms with Crippen LogP contribution in [0.5, 0.6) is 0 Å². The average Bonchev–Trinajstić information content (AvgIpc) is 2.80. The van der Waals surface area contributed by atoms with Crippen molar-refractivity contribution in [3.63, 3.8) is 0 Å². The zero-order valence-electron chi connectivity index (χ0n) is 12.3. The second-order valence-electron chi connectivity index (χ2n) is 4.46. The zero-order valence-corrected chi connectivity index (χ0v) is 11.3. The molecule has 6 heteroatoms. The van der Waals surface area contributed by atoms with Gasteiger partial charge in [-0.1, -0.05) is 28.7 Å². The molecule has 2 heterocycles. The van der Waals surface area contributed by atoms with E-state index in [1.807, 2.05) is 20.8 Å². The second-order valence-corrected chi connectivity index (χ2v) is 4.46. The first-order valence-electron chi connectivity index (χ1n) is 6.81. The Morgan fingerprint density at radius 2 is 1.45 bits per heavy atom. The van der Waals surface area contributed by atoms with Gasteiger partial charge in [-0.3, -0.25) is 0 Å². The van der Waals surface area contributed by atoms with Crippen molar-refractivity contribution in [3.05, 3.63) is 0 Å². The van der Waals surface area contributed by atoms with Crippen molar-refractivity contribution < 1.29 is 20.5 Å². The van der Waals surface area contributed by atoms with Crippen LogP contribution in [-0.4, -0.2) is 36.5 Å². The number of amides is 2. The second kappa shape index (κ2) is 9.44. The van der Waals surface area contributed by atoms with E-state index >= 15 is 0 Å². The topological polar surface area (TPSA) is 76.7 Å². The molecule has 0 saturated carbocycles. The van der Waals surface area contributed by atoms with Crippen molar-refractivity contribution in [2.24, 2.45) is 0 Å². The monoisotopic (exact) mass is 291 g/mol. The van der Waals surface area contributed by atoms with E-state index in [9.17, 15) is 9.59 Å². The van der Waals surface area contributed by atoms with Gasteiger partial charge in [0, 0.05) is 0 Å². The lowest BCUT2D eigenvalue weighted by Gasteiger charge is -2.07. The lowest BCUT2D eigenvalue weighted by atomic mass is 10.1. The fourth-order valence-corrected chi connectivity index (χ4v) is 1.92. The van der Waals surface area contributed by atoms with E-state index in [-0.39, 0.29) is 45.2 Å². The molecule has 20 heavy (non-hydrogen) atoms. The standard InChI is InChI=1S/2C6H11NO2.2CH4/c2*1-3-5-4(2)9-6(8)7-5;;/h2*4-5H,3H2,1-2H3,(H,7,8);2*1H4/i/hD. The molecule has 6 nitrogen and oxygen atoms in total. The molecule has 4 atom stereocenters. The number of alkyl carbamates (subject to hydrolysis) is 2. The number of hydrogen-bond donors (Lipinski definition) is 2. The maximum atomic E-state index is 10.7. The van der Waals surface area contributed by atoms with Crippen LogP contribution in [0.2, 0.25) is 1.41 Å². The molecule has 0 aromatic rings. The van der Waals surface area contributed by atoms with Gasteiger partial charge in [-0.05, 0) is 26.7 Å². The largest absolute Gasteiger partial charge is 0.444 e. The molecule has 0 aromatic carbocycles. The highest BCUT2D eigenvalue weighted by molar-refractivity contribution is 5.70. The molecule has 4 unspecified atom stereocenters. The van der Waals surface area contributed by atoms with Gasteiger partial charge >= 0.3 is 12.2 Å². The maximum absolute atomic E-state index is 10.7. The summed E-state index contributed by atoms with van der Waals surface area (Å²) in [6.45, 7) is 7.66. The summed E-state index contributed by atoms with van der Waals surface area (Å²) in [5.41, 5.74) is 0.